The summed E-state index contributed by atoms with van der Waals surface area (Å²) in [6.45, 7) is 1.90. The lowest BCUT2D eigenvalue weighted by Crippen LogP contribution is -2.35. The number of aromatic nitrogens is 1. The zero-order valence-electron chi connectivity index (χ0n) is 9.55. The van der Waals surface area contributed by atoms with E-state index in [1.54, 1.807) is 11.8 Å². The van der Waals surface area contributed by atoms with Crippen LogP contribution in [0, 0.1) is 6.92 Å². The molecule has 1 aromatic rings. The molecule has 0 aliphatic heterocycles. The van der Waals surface area contributed by atoms with Gasteiger partial charge in [-0.3, -0.25) is 9.59 Å². The second-order valence-electron chi connectivity index (χ2n) is 4.13. The molecule has 0 spiro atoms. The number of carbonyl (C=O) groups is 2. The predicted molar refractivity (Wildman–Crippen MR) is 57.6 cm³/mol. The molecule has 0 radical (unpaired) electrons. The third kappa shape index (κ3) is 2.64. The standard InChI is InChI=1S/C11H14N2O4/c1-7-10(12-6-17-7)11(16)13(8-2-3-8)5-4-9(14)15/h6,8H,2-5H2,1H3,(H,14,15). The molecule has 0 unspecified atom stereocenters. The molecule has 1 N–H and O–H groups in total. The monoisotopic (exact) mass is 238 g/mol. The topological polar surface area (TPSA) is 83.6 Å². The van der Waals surface area contributed by atoms with Crippen LogP contribution in [0.1, 0.15) is 35.5 Å². The van der Waals surface area contributed by atoms with Crippen LogP contribution in [0.2, 0.25) is 0 Å². The highest BCUT2D eigenvalue weighted by Gasteiger charge is 2.34. The van der Waals surface area contributed by atoms with Crippen molar-refractivity contribution < 1.29 is 19.1 Å². The number of hydrogen-bond acceptors (Lipinski definition) is 4. The lowest BCUT2D eigenvalue weighted by Gasteiger charge is -2.20. The molecule has 0 aromatic carbocycles. The number of amides is 1. The zero-order chi connectivity index (χ0) is 12.4. The average molecular weight is 238 g/mol. The Bertz CT molecular complexity index is 436. The Hall–Kier alpha value is -1.85. The minimum absolute atomic E-state index is 0.0425. The first-order chi connectivity index (χ1) is 8.09. The summed E-state index contributed by atoms with van der Waals surface area (Å²) in [5.41, 5.74) is 0.280. The maximum atomic E-state index is 12.1. The van der Waals surface area contributed by atoms with E-state index in [-0.39, 0.29) is 30.6 Å². The number of hydrogen-bond donors (Lipinski definition) is 1. The fourth-order valence-corrected chi connectivity index (χ4v) is 1.70. The Balaban J connectivity index is 2.08. The molecule has 1 saturated carbocycles. The average Bonchev–Trinajstić information content (AvgIpc) is 3.00. The van der Waals surface area contributed by atoms with Gasteiger partial charge in [0, 0.05) is 12.6 Å². The summed E-state index contributed by atoms with van der Waals surface area (Å²) in [4.78, 5) is 28.1. The lowest BCUT2D eigenvalue weighted by atomic mass is 10.3. The number of aryl methyl sites for hydroxylation is 1. The van der Waals surface area contributed by atoms with Gasteiger partial charge >= 0.3 is 5.97 Å². The van der Waals surface area contributed by atoms with E-state index >= 15 is 0 Å². The number of nitrogens with zero attached hydrogens (tertiary/aromatic N) is 2. The highest BCUT2D eigenvalue weighted by Crippen LogP contribution is 2.28. The van der Waals surface area contributed by atoms with Gasteiger partial charge in [-0.05, 0) is 19.8 Å². The molecule has 2 rings (SSSR count). The molecule has 1 heterocycles. The molecular weight excluding hydrogens is 224 g/mol. The van der Waals surface area contributed by atoms with Gasteiger partial charge in [-0.25, -0.2) is 4.98 Å². The van der Waals surface area contributed by atoms with Crippen LogP contribution in [0.25, 0.3) is 0 Å². The molecule has 0 saturated heterocycles. The van der Waals surface area contributed by atoms with Gasteiger partial charge < -0.3 is 14.4 Å². The lowest BCUT2D eigenvalue weighted by molar-refractivity contribution is -0.137. The van der Waals surface area contributed by atoms with Gasteiger partial charge in [0.05, 0.1) is 6.42 Å². The van der Waals surface area contributed by atoms with Gasteiger partial charge in [-0.1, -0.05) is 0 Å². The summed E-state index contributed by atoms with van der Waals surface area (Å²) >= 11 is 0. The van der Waals surface area contributed by atoms with Crippen molar-refractivity contribution in [2.24, 2.45) is 0 Å². The van der Waals surface area contributed by atoms with E-state index in [0.717, 1.165) is 12.8 Å². The second-order valence-corrected chi connectivity index (χ2v) is 4.13. The van der Waals surface area contributed by atoms with Crippen molar-refractivity contribution in [1.29, 1.82) is 0 Å². The van der Waals surface area contributed by atoms with Crippen LogP contribution in [-0.4, -0.2) is 39.5 Å². The Morgan fingerprint density at radius 3 is 2.76 bits per heavy atom. The summed E-state index contributed by atoms with van der Waals surface area (Å²) in [6.07, 6.45) is 3.05. The van der Waals surface area contributed by atoms with Crippen molar-refractivity contribution in [3.05, 3.63) is 17.8 Å². The molecule has 1 aliphatic carbocycles. The van der Waals surface area contributed by atoms with Crippen LogP contribution in [-0.2, 0) is 4.79 Å². The molecule has 1 aromatic heterocycles. The van der Waals surface area contributed by atoms with Crippen molar-refractivity contribution in [3.63, 3.8) is 0 Å². The molecule has 1 aliphatic rings. The van der Waals surface area contributed by atoms with Crippen molar-refractivity contribution in [3.8, 4) is 0 Å². The van der Waals surface area contributed by atoms with Crippen molar-refractivity contribution in [2.75, 3.05) is 6.54 Å². The van der Waals surface area contributed by atoms with Crippen LogP contribution in [0.4, 0.5) is 0 Å². The normalized spacial score (nSPS) is 14.6. The Labute approximate surface area is 98.2 Å². The second kappa shape index (κ2) is 4.57. The SMILES string of the molecule is Cc1ocnc1C(=O)N(CCC(=O)O)C1CC1. The van der Waals surface area contributed by atoms with Crippen molar-refractivity contribution in [2.45, 2.75) is 32.2 Å². The van der Waals surface area contributed by atoms with E-state index in [1.807, 2.05) is 0 Å². The molecule has 6 nitrogen and oxygen atoms in total. The first-order valence-corrected chi connectivity index (χ1v) is 5.52. The van der Waals surface area contributed by atoms with Crippen LogP contribution in [0.3, 0.4) is 0 Å². The van der Waals surface area contributed by atoms with Gasteiger partial charge in [0.15, 0.2) is 12.1 Å². The number of carboxylic acid groups (broad SMARTS) is 1. The molecule has 6 heteroatoms. The third-order valence-corrected chi connectivity index (χ3v) is 2.76. The first-order valence-electron chi connectivity index (χ1n) is 5.52. The molecule has 1 fully saturated rings. The van der Waals surface area contributed by atoms with Gasteiger partial charge in [0.2, 0.25) is 0 Å². The van der Waals surface area contributed by atoms with Gasteiger partial charge in [-0.15, -0.1) is 0 Å². The van der Waals surface area contributed by atoms with Crippen LogP contribution in [0.15, 0.2) is 10.8 Å². The molecule has 0 bridgehead atoms. The molecular formula is C11H14N2O4. The van der Waals surface area contributed by atoms with Crippen LogP contribution in [0.5, 0.6) is 0 Å². The first kappa shape index (κ1) is 11.6. The van der Waals surface area contributed by atoms with E-state index in [4.69, 9.17) is 9.52 Å². The highest BCUT2D eigenvalue weighted by molar-refractivity contribution is 5.93. The summed E-state index contributed by atoms with van der Waals surface area (Å²) in [6, 6.07) is 0.165. The molecule has 1 amide bonds. The minimum Gasteiger partial charge on any atom is -0.481 e. The zero-order valence-corrected chi connectivity index (χ0v) is 9.55. The fourth-order valence-electron chi connectivity index (χ4n) is 1.70. The van der Waals surface area contributed by atoms with Crippen molar-refractivity contribution in [1.82, 2.24) is 9.88 Å². The third-order valence-electron chi connectivity index (χ3n) is 2.76. The van der Waals surface area contributed by atoms with Gasteiger partial charge in [-0.2, -0.15) is 0 Å². The number of rotatable bonds is 5. The number of oxazole rings is 1. The summed E-state index contributed by atoms with van der Waals surface area (Å²) in [5, 5.41) is 8.66. The van der Waals surface area contributed by atoms with E-state index in [0.29, 0.717) is 5.76 Å². The molecule has 92 valence electrons. The van der Waals surface area contributed by atoms with E-state index in [9.17, 15) is 9.59 Å². The largest absolute Gasteiger partial charge is 0.481 e. The molecule has 17 heavy (non-hydrogen) atoms. The van der Waals surface area contributed by atoms with Crippen LogP contribution < -0.4 is 0 Å². The number of carboxylic acids is 1. The molecule has 0 atom stereocenters. The number of carbonyl (C=O) groups excluding carboxylic acids is 1. The van der Waals surface area contributed by atoms with Crippen molar-refractivity contribution >= 4 is 11.9 Å². The fraction of sp³-hybridized carbons (Fsp3) is 0.545. The summed E-state index contributed by atoms with van der Waals surface area (Å²) in [5.74, 6) is -0.670. The Morgan fingerprint density at radius 2 is 2.29 bits per heavy atom. The maximum absolute atomic E-state index is 12.1. The summed E-state index contributed by atoms with van der Waals surface area (Å²) < 4.78 is 4.99. The Morgan fingerprint density at radius 1 is 1.59 bits per heavy atom. The van der Waals surface area contributed by atoms with Crippen LogP contribution >= 0.6 is 0 Å². The smallest absolute Gasteiger partial charge is 0.305 e. The van der Waals surface area contributed by atoms with Gasteiger partial charge in [0.1, 0.15) is 5.76 Å². The van der Waals surface area contributed by atoms with E-state index in [1.165, 1.54) is 6.39 Å². The maximum Gasteiger partial charge on any atom is 0.305 e. The Kier molecular flexibility index (Phi) is 3.12. The van der Waals surface area contributed by atoms with E-state index in [2.05, 4.69) is 4.98 Å². The quantitative estimate of drug-likeness (QED) is 0.829. The van der Waals surface area contributed by atoms with Gasteiger partial charge in [0.25, 0.3) is 5.91 Å². The summed E-state index contributed by atoms with van der Waals surface area (Å²) in [7, 11) is 0. The predicted octanol–water partition coefficient (Wildman–Crippen LogP) is 1.06. The highest BCUT2D eigenvalue weighted by atomic mass is 16.4. The minimum atomic E-state index is -0.902. The number of aliphatic carboxylic acids is 1. The van der Waals surface area contributed by atoms with E-state index < -0.39 is 5.97 Å².